The lowest BCUT2D eigenvalue weighted by atomic mass is 10.1. The van der Waals surface area contributed by atoms with Crippen LogP contribution < -0.4 is 5.32 Å². The lowest BCUT2D eigenvalue weighted by Gasteiger charge is -2.15. The monoisotopic (exact) mass is 224 g/mol. The highest BCUT2D eigenvalue weighted by molar-refractivity contribution is 5.96. The summed E-state index contributed by atoms with van der Waals surface area (Å²) in [4.78, 5) is 15.3. The molecule has 0 aliphatic heterocycles. The number of aliphatic hydroxyl groups is 1. The van der Waals surface area contributed by atoms with Gasteiger partial charge in [0.25, 0.3) is 5.91 Å². The van der Waals surface area contributed by atoms with Crippen LogP contribution in [-0.2, 0) is 0 Å². The van der Waals surface area contributed by atoms with Crippen LogP contribution in [0.25, 0.3) is 0 Å². The fourth-order valence-electron chi connectivity index (χ4n) is 1.11. The summed E-state index contributed by atoms with van der Waals surface area (Å²) < 4.78 is 0. The Morgan fingerprint density at radius 3 is 2.81 bits per heavy atom. The molecular weight excluding hydrogens is 208 g/mol. The normalized spacial score (nSPS) is 12.5. The van der Waals surface area contributed by atoms with Crippen molar-refractivity contribution in [3.63, 3.8) is 0 Å². The molecule has 1 rings (SSSR count). The number of amides is 1. The number of aliphatic hydroxyl groups excluding tert-OH is 1. The number of pyridine rings is 1. The first kappa shape index (κ1) is 12.4. The van der Waals surface area contributed by atoms with E-state index in [2.05, 4.69) is 10.3 Å². The minimum atomic E-state index is -0.590. The molecule has 0 aliphatic rings. The van der Waals surface area contributed by atoms with Gasteiger partial charge < -0.3 is 15.5 Å². The highest BCUT2D eigenvalue weighted by Gasteiger charge is 2.14. The van der Waals surface area contributed by atoms with Crippen molar-refractivity contribution in [1.29, 1.82) is 0 Å². The van der Waals surface area contributed by atoms with Crippen LogP contribution in [0.15, 0.2) is 18.5 Å². The van der Waals surface area contributed by atoms with Gasteiger partial charge in [0.05, 0.1) is 17.9 Å². The molecule has 1 heterocycles. The quantitative estimate of drug-likeness (QED) is 0.697. The molecule has 1 aromatic rings. The number of nitrogens with zero attached hydrogens (tertiary/aromatic N) is 1. The summed E-state index contributed by atoms with van der Waals surface area (Å²) in [7, 11) is 0. The van der Waals surface area contributed by atoms with Gasteiger partial charge in [0, 0.05) is 12.7 Å². The van der Waals surface area contributed by atoms with E-state index in [4.69, 9.17) is 0 Å². The second-order valence-electron chi connectivity index (χ2n) is 3.91. The zero-order valence-electron chi connectivity index (χ0n) is 9.34. The minimum absolute atomic E-state index is 0.0753. The van der Waals surface area contributed by atoms with E-state index < -0.39 is 12.0 Å². The molecule has 88 valence electrons. The molecular formula is C11H16N2O3. The molecule has 0 fully saturated rings. The lowest BCUT2D eigenvalue weighted by Crippen LogP contribution is -2.34. The zero-order valence-corrected chi connectivity index (χ0v) is 9.34. The lowest BCUT2D eigenvalue weighted by molar-refractivity contribution is 0.0869. The number of aromatic nitrogens is 1. The Bertz CT molecular complexity index is 366. The van der Waals surface area contributed by atoms with Gasteiger partial charge in [-0.1, -0.05) is 13.8 Å². The molecule has 1 unspecified atom stereocenters. The number of nitrogens with one attached hydrogen (secondary N) is 1. The van der Waals surface area contributed by atoms with E-state index in [-0.39, 0.29) is 23.8 Å². The van der Waals surface area contributed by atoms with Gasteiger partial charge in [0.2, 0.25) is 0 Å². The molecule has 0 radical (unpaired) electrons. The molecule has 0 spiro atoms. The van der Waals surface area contributed by atoms with Crippen LogP contribution in [0.3, 0.4) is 0 Å². The third-order valence-corrected chi connectivity index (χ3v) is 2.29. The van der Waals surface area contributed by atoms with E-state index >= 15 is 0 Å². The fourth-order valence-corrected chi connectivity index (χ4v) is 1.11. The van der Waals surface area contributed by atoms with Gasteiger partial charge in [-0.05, 0) is 12.0 Å². The number of hydrogen-bond acceptors (Lipinski definition) is 4. The van der Waals surface area contributed by atoms with Gasteiger partial charge in [-0.15, -0.1) is 0 Å². The summed E-state index contributed by atoms with van der Waals surface area (Å²) in [6.45, 7) is 3.89. The Morgan fingerprint density at radius 1 is 1.56 bits per heavy atom. The van der Waals surface area contributed by atoms with E-state index in [0.717, 1.165) is 0 Å². The van der Waals surface area contributed by atoms with Gasteiger partial charge in [0.1, 0.15) is 5.75 Å². The molecule has 1 aromatic heterocycles. The SMILES string of the molecule is CC(C)C(O)CNC(=O)c1ccncc1O. The van der Waals surface area contributed by atoms with E-state index in [1.807, 2.05) is 13.8 Å². The fraction of sp³-hybridized carbons (Fsp3) is 0.455. The van der Waals surface area contributed by atoms with Crippen LogP contribution in [0.2, 0.25) is 0 Å². The van der Waals surface area contributed by atoms with Gasteiger partial charge in [0.15, 0.2) is 0 Å². The Morgan fingerprint density at radius 2 is 2.25 bits per heavy atom. The smallest absolute Gasteiger partial charge is 0.255 e. The Balaban J connectivity index is 2.57. The maximum Gasteiger partial charge on any atom is 0.255 e. The molecule has 1 amide bonds. The molecule has 0 bridgehead atoms. The Hall–Kier alpha value is -1.62. The number of rotatable bonds is 4. The van der Waals surface area contributed by atoms with Crippen molar-refractivity contribution >= 4 is 5.91 Å². The van der Waals surface area contributed by atoms with Crippen molar-refractivity contribution in [3.05, 3.63) is 24.0 Å². The molecule has 16 heavy (non-hydrogen) atoms. The standard InChI is InChI=1S/C11H16N2O3/c1-7(2)9(14)6-13-11(16)8-3-4-12-5-10(8)15/h3-5,7,9,14-15H,6H2,1-2H3,(H,13,16). The largest absolute Gasteiger partial charge is 0.505 e. The zero-order chi connectivity index (χ0) is 12.1. The van der Waals surface area contributed by atoms with E-state index in [1.165, 1.54) is 18.5 Å². The number of aromatic hydroxyl groups is 1. The molecule has 0 saturated heterocycles. The summed E-state index contributed by atoms with van der Waals surface area (Å²) in [5, 5.41) is 21.4. The molecule has 0 aliphatic carbocycles. The van der Waals surface area contributed by atoms with E-state index in [9.17, 15) is 15.0 Å². The molecule has 3 N–H and O–H groups in total. The summed E-state index contributed by atoms with van der Waals surface area (Å²) >= 11 is 0. The maximum absolute atomic E-state index is 11.6. The van der Waals surface area contributed by atoms with Crippen LogP contribution in [0, 0.1) is 5.92 Å². The summed E-state index contributed by atoms with van der Waals surface area (Å²) in [5.41, 5.74) is 0.158. The van der Waals surface area contributed by atoms with Gasteiger partial charge in [-0.3, -0.25) is 9.78 Å². The predicted octanol–water partition coefficient (Wildman–Crippen LogP) is 0.534. The van der Waals surface area contributed by atoms with Crippen molar-refractivity contribution in [2.45, 2.75) is 20.0 Å². The van der Waals surface area contributed by atoms with Gasteiger partial charge in [-0.25, -0.2) is 0 Å². The predicted molar refractivity (Wildman–Crippen MR) is 59.1 cm³/mol. The third-order valence-electron chi connectivity index (χ3n) is 2.29. The summed E-state index contributed by atoms with van der Waals surface area (Å²) in [6, 6.07) is 1.42. The van der Waals surface area contributed by atoms with Crippen LogP contribution in [0.5, 0.6) is 5.75 Å². The number of hydrogen-bond donors (Lipinski definition) is 3. The first-order valence-corrected chi connectivity index (χ1v) is 5.11. The van der Waals surface area contributed by atoms with Crippen molar-refractivity contribution in [2.75, 3.05) is 6.54 Å². The third kappa shape index (κ3) is 3.20. The number of carbonyl (C=O) groups excluding carboxylic acids is 1. The second kappa shape index (κ2) is 5.46. The van der Waals surface area contributed by atoms with Crippen molar-refractivity contribution in [3.8, 4) is 5.75 Å². The first-order chi connectivity index (χ1) is 7.52. The molecule has 0 aromatic carbocycles. The van der Waals surface area contributed by atoms with Crippen molar-refractivity contribution in [2.24, 2.45) is 5.92 Å². The van der Waals surface area contributed by atoms with E-state index in [1.54, 1.807) is 0 Å². The summed E-state index contributed by atoms with van der Waals surface area (Å²) in [5.74, 6) is -0.509. The second-order valence-corrected chi connectivity index (χ2v) is 3.91. The molecule has 5 heteroatoms. The van der Waals surface area contributed by atoms with Gasteiger partial charge >= 0.3 is 0 Å². The van der Waals surface area contributed by atoms with Gasteiger partial charge in [-0.2, -0.15) is 0 Å². The molecule has 5 nitrogen and oxygen atoms in total. The van der Waals surface area contributed by atoms with Crippen LogP contribution in [0.1, 0.15) is 24.2 Å². The Kier molecular flexibility index (Phi) is 4.25. The average Bonchev–Trinajstić information content (AvgIpc) is 2.25. The first-order valence-electron chi connectivity index (χ1n) is 5.11. The topological polar surface area (TPSA) is 82.5 Å². The van der Waals surface area contributed by atoms with Crippen molar-refractivity contribution in [1.82, 2.24) is 10.3 Å². The highest BCUT2D eigenvalue weighted by atomic mass is 16.3. The minimum Gasteiger partial charge on any atom is -0.505 e. The van der Waals surface area contributed by atoms with Crippen LogP contribution >= 0.6 is 0 Å². The maximum atomic E-state index is 11.6. The van der Waals surface area contributed by atoms with E-state index in [0.29, 0.717) is 0 Å². The Labute approximate surface area is 94.1 Å². The van der Waals surface area contributed by atoms with Crippen LogP contribution in [-0.4, -0.2) is 33.8 Å². The molecule has 0 saturated carbocycles. The average molecular weight is 224 g/mol. The van der Waals surface area contributed by atoms with Crippen LogP contribution in [0.4, 0.5) is 0 Å². The molecule has 1 atom stereocenters. The highest BCUT2D eigenvalue weighted by Crippen LogP contribution is 2.13. The van der Waals surface area contributed by atoms with Crippen molar-refractivity contribution < 1.29 is 15.0 Å². The number of carbonyl (C=O) groups is 1. The summed E-state index contributed by atoms with van der Waals surface area (Å²) in [6.07, 6.45) is 2.04.